The Bertz CT molecular complexity index is 718. The first kappa shape index (κ1) is 15.1. The second-order valence-corrected chi connectivity index (χ2v) is 7.21. The first-order valence-corrected chi connectivity index (χ1v) is 8.66. The average molecular weight is 314 g/mol. The molecule has 3 N–H and O–H groups in total. The number of hydrogen-bond donors (Lipinski definition) is 2. The molecule has 0 saturated carbocycles. The van der Waals surface area contributed by atoms with E-state index in [0.717, 1.165) is 30.5 Å². The largest absolute Gasteiger partial charge is 0.390 e. The summed E-state index contributed by atoms with van der Waals surface area (Å²) in [5.41, 5.74) is 11.2. The van der Waals surface area contributed by atoms with Crippen LogP contribution in [0.1, 0.15) is 51.2 Å². The van der Waals surface area contributed by atoms with E-state index in [1.54, 1.807) is 11.3 Å². The molecule has 0 atom stereocenters. The summed E-state index contributed by atoms with van der Waals surface area (Å²) < 4.78 is 0. The molecule has 0 saturated heterocycles. The maximum absolute atomic E-state index is 12.7. The normalized spacial score (nSPS) is 14.3. The summed E-state index contributed by atoms with van der Waals surface area (Å²) in [6, 6.07) is 6.05. The number of nitrogens with one attached hydrogen (secondary N) is 1. The summed E-state index contributed by atoms with van der Waals surface area (Å²) in [5, 5.41) is 3.70. The standard InChI is InChI=1S/C18H22N2OS/c1-11-8-9-14(12(2)10-11)20-18(21)16-13-6-4-3-5-7-15(13)22-17(16)19/h8-10H,3-7,19H2,1-2H3,(H,20,21). The molecular formula is C18H22N2OS. The number of nitrogen functional groups attached to an aromatic ring is 1. The molecular weight excluding hydrogens is 292 g/mol. The minimum Gasteiger partial charge on any atom is -0.390 e. The maximum atomic E-state index is 12.7. The van der Waals surface area contributed by atoms with Crippen molar-refractivity contribution in [3.8, 4) is 0 Å². The van der Waals surface area contributed by atoms with Crippen LogP contribution in [0.15, 0.2) is 18.2 Å². The molecule has 0 fully saturated rings. The molecule has 4 heteroatoms. The van der Waals surface area contributed by atoms with Gasteiger partial charge in [0.1, 0.15) is 0 Å². The smallest absolute Gasteiger partial charge is 0.258 e. The van der Waals surface area contributed by atoms with E-state index in [0.29, 0.717) is 10.6 Å². The minimum absolute atomic E-state index is 0.0659. The SMILES string of the molecule is Cc1ccc(NC(=O)c2c(N)sc3c2CCCCC3)c(C)c1. The van der Waals surface area contributed by atoms with Crippen LogP contribution in [0.3, 0.4) is 0 Å². The van der Waals surface area contributed by atoms with Crippen molar-refractivity contribution < 1.29 is 4.79 Å². The molecule has 2 aromatic rings. The average Bonchev–Trinajstić information content (AvgIpc) is 2.63. The van der Waals surface area contributed by atoms with Gasteiger partial charge in [0.2, 0.25) is 0 Å². The number of fused-ring (bicyclic) bond motifs is 1. The molecule has 1 aromatic heterocycles. The lowest BCUT2D eigenvalue weighted by molar-refractivity contribution is 0.102. The van der Waals surface area contributed by atoms with E-state index in [1.165, 1.54) is 28.8 Å². The highest BCUT2D eigenvalue weighted by Crippen LogP contribution is 2.36. The van der Waals surface area contributed by atoms with E-state index < -0.39 is 0 Å². The third-order valence-electron chi connectivity index (χ3n) is 4.31. The Balaban J connectivity index is 1.90. The van der Waals surface area contributed by atoms with Crippen LogP contribution in [0.25, 0.3) is 0 Å². The van der Waals surface area contributed by atoms with Gasteiger partial charge < -0.3 is 11.1 Å². The second-order valence-electron chi connectivity index (χ2n) is 6.08. The first-order chi connectivity index (χ1) is 10.6. The Hall–Kier alpha value is -1.81. The third-order valence-corrected chi connectivity index (χ3v) is 5.43. The minimum atomic E-state index is -0.0659. The van der Waals surface area contributed by atoms with Crippen molar-refractivity contribution in [2.24, 2.45) is 0 Å². The fourth-order valence-electron chi connectivity index (χ4n) is 3.15. The van der Waals surface area contributed by atoms with E-state index in [4.69, 9.17) is 5.73 Å². The molecule has 1 aliphatic carbocycles. The van der Waals surface area contributed by atoms with Crippen LogP contribution < -0.4 is 11.1 Å². The topological polar surface area (TPSA) is 55.1 Å². The molecule has 1 amide bonds. The Morgan fingerprint density at radius 1 is 1.18 bits per heavy atom. The molecule has 3 nitrogen and oxygen atoms in total. The monoisotopic (exact) mass is 314 g/mol. The third kappa shape index (κ3) is 2.88. The van der Waals surface area contributed by atoms with Crippen LogP contribution in [0, 0.1) is 13.8 Å². The first-order valence-electron chi connectivity index (χ1n) is 7.85. The number of hydrogen-bond acceptors (Lipinski definition) is 3. The molecule has 3 rings (SSSR count). The molecule has 116 valence electrons. The highest BCUT2D eigenvalue weighted by molar-refractivity contribution is 7.16. The fraction of sp³-hybridized carbons (Fsp3) is 0.389. The number of aryl methyl sites for hydroxylation is 3. The zero-order valence-electron chi connectivity index (χ0n) is 13.2. The highest BCUT2D eigenvalue weighted by atomic mass is 32.1. The summed E-state index contributed by atoms with van der Waals surface area (Å²) in [7, 11) is 0. The van der Waals surface area contributed by atoms with Crippen LogP contribution in [0.4, 0.5) is 10.7 Å². The summed E-state index contributed by atoms with van der Waals surface area (Å²) in [5.74, 6) is -0.0659. The molecule has 0 unspecified atom stereocenters. The van der Waals surface area contributed by atoms with Crippen molar-refractivity contribution in [2.45, 2.75) is 46.0 Å². The molecule has 1 heterocycles. The summed E-state index contributed by atoms with van der Waals surface area (Å²) in [6.07, 6.45) is 5.61. The van der Waals surface area contributed by atoms with Gasteiger partial charge in [0.15, 0.2) is 0 Å². The van der Waals surface area contributed by atoms with Gasteiger partial charge in [-0.1, -0.05) is 24.1 Å². The van der Waals surface area contributed by atoms with Crippen molar-refractivity contribution >= 4 is 27.9 Å². The van der Waals surface area contributed by atoms with Gasteiger partial charge in [-0.3, -0.25) is 4.79 Å². The van der Waals surface area contributed by atoms with Crippen molar-refractivity contribution in [1.29, 1.82) is 0 Å². The van der Waals surface area contributed by atoms with Gasteiger partial charge in [0.05, 0.1) is 10.6 Å². The number of nitrogens with two attached hydrogens (primary N) is 1. The van der Waals surface area contributed by atoms with Crippen LogP contribution in [0.2, 0.25) is 0 Å². The van der Waals surface area contributed by atoms with Gasteiger partial charge in [-0.2, -0.15) is 0 Å². The van der Waals surface area contributed by atoms with E-state index in [-0.39, 0.29) is 5.91 Å². The second kappa shape index (κ2) is 6.13. The van der Waals surface area contributed by atoms with Crippen molar-refractivity contribution in [3.05, 3.63) is 45.3 Å². The Morgan fingerprint density at radius 3 is 2.73 bits per heavy atom. The van der Waals surface area contributed by atoms with E-state index in [2.05, 4.69) is 18.3 Å². The summed E-state index contributed by atoms with van der Waals surface area (Å²) >= 11 is 1.59. The Labute approximate surface area is 135 Å². The summed E-state index contributed by atoms with van der Waals surface area (Å²) in [4.78, 5) is 14.0. The van der Waals surface area contributed by atoms with Crippen molar-refractivity contribution in [2.75, 3.05) is 11.1 Å². The molecule has 1 aliphatic rings. The number of anilines is 2. The van der Waals surface area contributed by atoms with Gasteiger partial charge in [0.25, 0.3) is 5.91 Å². The number of carbonyl (C=O) groups is 1. The lowest BCUT2D eigenvalue weighted by Crippen LogP contribution is -2.15. The zero-order valence-corrected chi connectivity index (χ0v) is 14.0. The van der Waals surface area contributed by atoms with Crippen LogP contribution in [-0.4, -0.2) is 5.91 Å². The number of rotatable bonds is 2. The van der Waals surface area contributed by atoms with Crippen LogP contribution in [-0.2, 0) is 12.8 Å². The molecule has 0 radical (unpaired) electrons. The van der Waals surface area contributed by atoms with Crippen LogP contribution >= 0.6 is 11.3 Å². The van der Waals surface area contributed by atoms with E-state index >= 15 is 0 Å². The molecule has 0 aliphatic heterocycles. The van der Waals surface area contributed by atoms with Gasteiger partial charge >= 0.3 is 0 Å². The maximum Gasteiger partial charge on any atom is 0.258 e. The van der Waals surface area contributed by atoms with Gasteiger partial charge in [-0.25, -0.2) is 0 Å². The molecule has 22 heavy (non-hydrogen) atoms. The quantitative estimate of drug-likeness (QED) is 0.804. The molecule has 0 spiro atoms. The summed E-state index contributed by atoms with van der Waals surface area (Å²) in [6.45, 7) is 4.06. The lowest BCUT2D eigenvalue weighted by Gasteiger charge is -2.10. The van der Waals surface area contributed by atoms with Crippen molar-refractivity contribution in [1.82, 2.24) is 0 Å². The zero-order chi connectivity index (χ0) is 15.7. The number of benzene rings is 1. The van der Waals surface area contributed by atoms with Gasteiger partial charge in [-0.15, -0.1) is 11.3 Å². The van der Waals surface area contributed by atoms with E-state index in [9.17, 15) is 4.79 Å². The predicted molar refractivity (Wildman–Crippen MR) is 93.9 cm³/mol. The van der Waals surface area contributed by atoms with Gasteiger partial charge in [-0.05, 0) is 56.7 Å². The van der Waals surface area contributed by atoms with Crippen LogP contribution in [0.5, 0.6) is 0 Å². The van der Waals surface area contributed by atoms with E-state index in [1.807, 2.05) is 19.1 Å². The number of amides is 1. The number of thiophene rings is 1. The molecule has 0 bridgehead atoms. The Morgan fingerprint density at radius 2 is 1.95 bits per heavy atom. The Kier molecular flexibility index (Phi) is 4.21. The number of carbonyl (C=O) groups excluding carboxylic acids is 1. The highest BCUT2D eigenvalue weighted by Gasteiger charge is 2.23. The predicted octanol–water partition coefficient (Wildman–Crippen LogP) is 4.47. The van der Waals surface area contributed by atoms with Crippen molar-refractivity contribution in [3.63, 3.8) is 0 Å². The fourth-order valence-corrected chi connectivity index (χ4v) is 4.31. The lowest BCUT2D eigenvalue weighted by atomic mass is 10.0. The molecule has 1 aromatic carbocycles. The van der Waals surface area contributed by atoms with Gasteiger partial charge in [0, 0.05) is 10.6 Å².